The van der Waals surface area contributed by atoms with E-state index in [1.807, 2.05) is 0 Å². The fourth-order valence-corrected chi connectivity index (χ4v) is 0.906. The normalized spacial score (nSPS) is 9.69. The Morgan fingerprint density at radius 2 is 1.69 bits per heavy atom. The molecule has 1 aromatic carbocycles. The van der Waals surface area contributed by atoms with E-state index in [0.717, 1.165) is 0 Å². The van der Waals surface area contributed by atoms with Crippen LogP contribution in [0.15, 0.2) is 30.3 Å². The molecular formula is C11H12O5. The summed E-state index contributed by atoms with van der Waals surface area (Å²) in [4.78, 5) is 30.6. The van der Waals surface area contributed by atoms with E-state index in [1.165, 1.54) is 0 Å². The predicted molar refractivity (Wildman–Crippen MR) is 54.6 cm³/mol. The zero-order valence-electron chi connectivity index (χ0n) is 9.01. The summed E-state index contributed by atoms with van der Waals surface area (Å²) in [6.45, 7) is 3.31. The van der Waals surface area contributed by atoms with Crippen molar-refractivity contribution in [2.75, 3.05) is 0 Å². The van der Waals surface area contributed by atoms with Crippen LogP contribution in [0, 0.1) is 0 Å². The number of ether oxygens (including phenoxy) is 1. The van der Waals surface area contributed by atoms with Gasteiger partial charge in [0, 0.05) is 0 Å². The molecular weight excluding hydrogens is 212 g/mol. The van der Waals surface area contributed by atoms with Crippen molar-refractivity contribution in [2.24, 2.45) is 0 Å². The van der Waals surface area contributed by atoms with E-state index in [-0.39, 0.29) is 6.10 Å². The third-order valence-corrected chi connectivity index (χ3v) is 1.53. The Kier molecular flexibility index (Phi) is 4.32. The molecule has 0 saturated carbocycles. The van der Waals surface area contributed by atoms with Gasteiger partial charge >= 0.3 is 12.1 Å². The van der Waals surface area contributed by atoms with Crippen LogP contribution < -0.4 is 0 Å². The van der Waals surface area contributed by atoms with Gasteiger partial charge in [-0.3, -0.25) is 0 Å². The average Bonchev–Trinajstić information content (AvgIpc) is 2.26. The highest BCUT2D eigenvalue weighted by Gasteiger charge is 2.13. The Labute approximate surface area is 92.8 Å². The first-order valence-corrected chi connectivity index (χ1v) is 4.74. The van der Waals surface area contributed by atoms with Gasteiger partial charge in [0.1, 0.15) is 0 Å². The van der Waals surface area contributed by atoms with Crippen molar-refractivity contribution in [2.45, 2.75) is 20.0 Å². The molecule has 5 nitrogen and oxygen atoms in total. The van der Waals surface area contributed by atoms with Crippen LogP contribution in [0.4, 0.5) is 4.79 Å². The second kappa shape index (κ2) is 5.75. The summed E-state index contributed by atoms with van der Waals surface area (Å²) in [6.07, 6.45) is -1.37. The van der Waals surface area contributed by atoms with E-state index >= 15 is 0 Å². The van der Waals surface area contributed by atoms with E-state index in [9.17, 15) is 9.59 Å². The SMILES string of the molecule is CC(C)OC(=O)OOC(=O)c1ccccc1. The first kappa shape index (κ1) is 12.0. The van der Waals surface area contributed by atoms with Crippen molar-refractivity contribution in [3.63, 3.8) is 0 Å². The minimum absolute atomic E-state index is 0.292. The maximum absolute atomic E-state index is 11.3. The molecule has 0 spiro atoms. The molecule has 1 rings (SSSR count). The van der Waals surface area contributed by atoms with E-state index in [2.05, 4.69) is 14.5 Å². The van der Waals surface area contributed by atoms with Crippen molar-refractivity contribution < 1.29 is 24.1 Å². The predicted octanol–water partition coefficient (Wildman–Crippen LogP) is 2.32. The zero-order chi connectivity index (χ0) is 12.0. The Balaban J connectivity index is 2.39. The summed E-state index contributed by atoms with van der Waals surface area (Å²) in [7, 11) is 0. The second-order valence-electron chi connectivity index (χ2n) is 3.24. The van der Waals surface area contributed by atoms with Crippen LogP contribution in [0.5, 0.6) is 0 Å². The molecule has 0 aliphatic rings. The number of hydrogen-bond acceptors (Lipinski definition) is 5. The quantitative estimate of drug-likeness (QED) is 0.438. The van der Waals surface area contributed by atoms with Gasteiger partial charge in [0.15, 0.2) is 0 Å². The van der Waals surface area contributed by atoms with E-state index in [0.29, 0.717) is 5.56 Å². The topological polar surface area (TPSA) is 61.8 Å². The molecule has 0 aromatic heterocycles. The Morgan fingerprint density at radius 3 is 2.25 bits per heavy atom. The lowest BCUT2D eigenvalue weighted by Gasteiger charge is -2.06. The highest BCUT2D eigenvalue weighted by Crippen LogP contribution is 2.02. The summed E-state index contributed by atoms with van der Waals surface area (Å²) >= 11 is 0. The van der Waals surface area contributed by atoms with Crippen LogP contribution in [0.3, 0.4) is 0 Å². The molecule has 0 aliphatic heterocycles. The van der Waals surface area contributed by atoms with Crippen LogP contribution in [0.25, 0.3) is 0 Å². The molecule has 0 amide bonds. The van der Waals surface area contributed by atoms with Crippen LogP contribution in [-0.2, 0) is 14.5 Å². The van der Waals surface area contributed by atoms with Crippen LogP contribution in [-0.4, -0.2) is 18.2 Å². The highest BCUT2D eigenvalue weighted by atomic mass is 17.2. The van der Waals surface area contributed by atoms with Gasteiger partial charge in [-0.1, -0.05) is 18.2 Å². The third kappa shape index (κ3) is 4.00. The minimum Gasteiger partial charge on any atom is -0.429 e. The number of carbonyl (C=O) groups excluding carboxylic acids is 2. The van der Waals surface area contributed by atoms with Crippen molar-refractivity contribution >= 4 is 12.1 Å². The minimum atomic E-state index is -1.04. The van der Waals surface area contributed by atoms with Crippen molar-refractivity contribution in [3.8, 4) is 0 Å². The molecule has 0 aliphatic carbocycles. The third-order valence-electron chi connectivity index (χ3n) is 1.53. The molecule has 86 valence electrons. The maximum atomic E-state index is 11.3. The first-order valence-electron chi connectivity index (χ1n) is 4.74. The molecule has 0 unspecified atom stereocenters. The summed E-state index contributed by atoms with van der Waals surface area (Å²) in [5, 5.41) is 0. The van der Waals surface area contributed by atoms with Gasteiger partial charge in [-0.05, 0) is 26.0 Å². The monoisotopic (exact) mass is 224 g/mol. The lowest BCUT2D eigenvalue weighted by Crippen LogP contribution is -2.16. The average molecular weight is 224 g/mol. The lowest BCUT2D eigenvalue weighted by atomic mass is 10.2. The molecule has 0 saturated heterocycles. The molecule has 0 heterocycles. The molecule has 0 atom stereocenters. The van der Waals surface area contributed by atoms with Crippen LogP contribution >= 0.6 is 0 Å². The van der Waals surface area contributed by atoms with Gasteiger partial charge in [-0.25, -0.2) is 14.6 Å². The molecule has 0 radical (unpaired) electrons. The molecule has 0 bridgehead atoms. The summed E-state index contributed by atoms with van der Waals surface area (Å²) < 4.78 is 4.60. The zero-order valence-corrected chi connectivity index (χ0v) is 9.01. The number of hydrogen-bond donors (Lipinski definition) is 0. The van der Waals surface area contributed by atoms with E-state index in [1.54, 1.807) is 44.2 Å². The molecule has 0 fully saturated rings. The Bertz CT molecular complexity index is 358. The fraction of sp³-hybridized carbons (Fsp3) is 0.273. The van der Waals surface area contributed by atoms with Crippen LogP contribution in [0.1, 0.15) is 24.2 Å². The van der Waals surface area contributed by atoms with Gasteiger partial charge in [-0.15, -0.1) is 0 Å². The standard InChI is InChI=1S/C11H12O5/c1-8(2)14-11(13)16-15-10(12)9-6-4-3-5-7-9/h3-8H,1-2H3. The van der Waals surface area contributed by atoms with Crippen molar-refractivity contribution in [1.82, 2.24) is 0 Å². The van der Waals surface area contributed by atoms with E-state index < -0.39 is 12.1 Å². The van der Waals surface area contributed by atoms with Crippen LogP contribution in [0.2, 0.25) is 0 Å². The Morgan fingerprint density at radius 1 is 1.06 bits per heavy atom. The van der Waals surface area contributed by atoms with Gasteiger partial charge in [-0.2, -0.15) is 4.79 Å². The van der Waals surface area contributed by atoms with Crippen molar-refractivity contribution in [3.05, 3.63) is 35.9 Å². The molecule has 0 N–H and O–H groups in total. The Hall–Kier alpha value is -2.04. The molecule has 1 aromatic rings. The first-order chi connectivity index (χ1) is 7.59. The van der Waals surface area contributed by atoms with Gasteiger partial charge < -0.3 is 4.74 Å². The number of benzene rings is 1. The summed E-state index contributed by atoms with van der Waals surface area (Å²) in [5.41, 5.74) is 0.292. The van der Waals surface area contributed by atoms with E-state index in [4.69, 9.17) is 0 Å². The maximum Gasteiger partial charge on any atom is 0.550 e. The smallest absolute Gasteiger partial charge is 0.429 e. The molecule has 5 heteroatoms. The largest absolute Gasteiger partial charge is 0.550 e. The van der Waals surface area contributed by atoms with Crippen molar-refractivity contribution in [1.29, 1.82) is 0 Å². The van der Waals surface area contributed by atoms with Gasteiger partial charge in [0.05, 0.1) is 11.7 Å². The second-order valence-corrected chi connectivity index (χ2v) is 3.24. The van der Waals surface area contributed by atoms with Gasteiger partial charge in [0.25, 0.3) is 0 Å². The van der Waals surface area contributed by atoms with Gasteiger partial charge in [0.2, 0.25) is 0 Å². The fourth-order valence-electron chi connectivity index (χ4n) is 0.906. The lowest BCUT2D eigenvalue weighted by molar-refractivity contribution is -0.206. The summed E-state index contributed by atoms with van der Waals surface area (Å²) in [5.74, 6) is -0.749. The highest BCUT2D eigenvalue weighted by molar-refractivity contribution is 5.89. The molecule has 16 heavy (non-hydrogen) atoms. The number of rotatable bonds is 2. The number of carbonyl (C=O) groups is 2. The summed E-state index contributed by atoms with van der Waals surface area (Å²) in [6, 6.07) is 8.18.